The molecule has 0 radical (unpaired) electrons. The van der Waals surface area contributed by atoms with E-state index in [4.69, 9.17) is 9.47 Å². The minimum atomic E-state index is -4.37. The number of morpholine rings is 1. The Morgan fingerprint density at radius 2 is 2.00 bits per heavy atom. The van der Waals surface area contributed by atoms with Gasteiger partial charge >= 0.3 is 6.18 Å². The molecule has 3 fully saturated rings. The molecule has 5 rings (SSSR count). The Balaban J connectivity index is 1.51. The SMILES string of the molecule is O=c1cc(N2CC3CC2CO3)nc2n1CC[C@@H](C(F)(F)F)N2CC1CCOCC1. The fraction of sp³-hybridized carbons (Fsp3) is 0.789. The fourth-order valence-electron chi connectivity index (χ4n) is 5.04. The Labute approximate surface area is 166 Å². The van der Waals surface area contributed by atoms with Crippen LogP contribution in [0.5, 0.6) is 0 Å². The molecule has 2 bridgehead atoms. The molecule has 4 aliphatic heterocycles. The average Bonchev–Trinajstić information content (AvgIpc) is 3.32. The first kappa shape index (κ1) is 19.2. The fourth-order valence-corrected chi connectivity index (χ4v) is 5.04. The summed E-state index contributed by atoms with van der Waals surface area (Å²) >= 11 is 0. The van der Waals surface area contributed by atoms with Crippen molar-refractivity contribution in [3.05, 3.63) is 16.4 Å². The van der Waals surface area contributed by atoms with Gasteiger partial charge in [0.25, 0.3) is 5.56 Å². The van der Waals surface area contributed by atoms with E-state index in [2.05, 4.69) is 4.98 Å². The van der Waals surface area contributed by atoms with Crippen LogP contribution in [0.15, 0.2) is 10.9 Å². The number of ether oxygens (including phenoxy) is 2. The van der Waals surface area contributed by atoms with Crippen molar-refractivity contribution in [3.63, 3.8) is 0 Å². The molecule has 3 saturated heterocycles. The molecule has 0 aliphatic carbocycles. The monoisotopic (exact) mass is 414 g/mol. The van der Waals surface area contributed by atoms with Crippen LogP contribution in [0.3, 0.4) is 0 Å². The van der Waals surface area contributed by atoms with E-state index in [0.717, 1.165) is 19.3 Å². The molecule has 5 heterocycles. The summed E-state index contributed by atoms with van der Waals surface area (Å²) < 4.78 is 53.9. The second-order valence-electron chi connectivity index (χ2n) is 8.46. The van der Waals surface area contributed by atoms with Gasteiger partial charge in [-0.3, -0.25) is 9.36 Å². The zero-order chi connectivity index (χ0) is 20.2. The van der Waals surface area contributed by atoms with Crippen LogP contribution in [-0.4, -0.2) is 66.8 Å². The lowest BCUT2D eigenvalue weighted by Gasteiger charge is -2.41. The third-order valence-electron chi connectivity index (χ3n) is 6.60. The first-order valence-corrected chi connectivity index (χ1v) is 10.3. The minimum Gasteiger partial charge on any atom is -0.381 e. The Morgan fingerprint density at radius 1 is 1.21 bits per heavy atom. The first-order valence-electron chi connectivity index (χ1n) is 10.3. The Kier molecular flexibility index (Phi) is 4.73. The van der Waals surface area contributed by atoms with Crippen LogP contribution in [0.2, 0.25) is 0 Å². The summed E-state index contributed by atoms with van der Waals surface area (Å²) in [5, 5.41) is 0. The van der Waals surface area contributed by atoms with E-state index in [0.29, 0.717) is 32.2 Å². The van der Waals surface area contributed by atoms with E-state index in [-0.39, 0.29) is 49.1 Å². The summed E-state index contributed by atoms with van der Waals surface area (Å²) in [6.07, 6.45) is -2.08. The van der Waals surface area contributed by atoms with Gasteiger partial charge in [0.15, 0.2) is 0 Å². The molecule has 3 atom stereocenters. The second-order valence-corrected chi connectivity index (χ2v) is 8.46. The molecule has 7 nitrogen and oxygen atoms in total. The molecule has 2 unspecified atom stereocenters. The summed E-state index contributed by atoms with van der Waals surface area (Å²) in [7, 11) is 0. The van der Waals surface area contributed by atoms with Crippen molar-refractivity contribution in [2.24, 2.45) is 5.92 Å². The molecule has 4 aliphatic rings. The van der Waals surface area contributed by atoms with E-state index in [9.17, 15) is 18.0 Å². The van der Waals surface area contributed by atoms with Gasteiger partial charge in [-0.05, 0) is 31.6 Å². The zero-order valence-corrected chi connectivity index (χ0v) is 16.1. The molecule has 0 saturated carbocycles. The topological polar surface area (TPSA) is 59.8 Å². The van der Waals surface area contributed by atoms with E-state index < -0.39 is 12.2 Å². The summed E-state index contributed by atoms with van der Waals surface area (Å²) in [5.74, 6) is 0.713. The number of rotatable bonds is 3. The largest absolute Gasteiger partial charge is 0.408 e. The number of aromatic nitrogens is 2. The summed E-state index contributed by atoms with van der Waals surface area (Å²) in [6, 6.07) is -0.0168. The highest BCUT2D eigenvalue weighted by Crippen LogP contribution is 2.37. The van der Waals surface area contributed by atoms with Gasteiger partial charge in [0.05, 0.1) is 18.8 Å². The van der Waals surface area contributed by atoms with Gasteiger partial charge < -0.3 is 19.3 Å². The van der Waals surface area contributed by atoms with Gasteiger partial charge in [0.2, 0.25) is 5.95 Å². The summed E-state index contributed by atoms with van der Waals surface area (Å²) in [5.41, 5.74) is -0.286. The average molecular weight is 414 g/mol. The normalized spacial score (nSPS) is 30.1. The van der Waals surface area contributed by atoms with Gasteiger partial charge in [-0.2, -0.15) is 18.2 Å². The number of anilines is 2. The number of hydrogen-bond acceptors (Lipinski definition) is 6. The Hall–Kier alpha value is -1.81. The molecule has 0 amide bonds. The van der Waals surface area contributed by atoms with Crippen LogP contribution in [0.1, 0.15) is 25.7 Å². The summed E-state index contributed by atoms with van der Waals surface area (Å²) in [4.78, 5) is 20.7. The maximum absolute atomic E-state index is 13.9. The van der Waals surface area contributed by atoms with Crippen LogP contribution < -0.4 is 15.4 Å². The molecule has 29 heavy (non-hydrogen) atoms. The van der Waals surface area contributed by atoms with E-state index in [1.54, 1.807) is 0 Å². The molecular formula is C19H25F3N4O3. The van der Waals surface area contributed by atoms with Crippen molar-refractivity contribution in [2.45, 2.75) is 56.6 Å². The lowest BCUT2D eigenvalue weighted by Crippen LogP contribution is -2.54. The Morgan fingerprint density at radius 3 is 2.66 bits per heavy atom. The van der Waals surface area contributed by atoms with Gasteiger partial charge in [0.1, 0.15) is 11.9 Å². The standard InChI is InChI=1S/C19H25F3N4O3/c20-19(21,22)15-1-4-24-17(27)8-16(25-10-14-7-13(25)11-29-14)23-18(24)26(15)9-12-2-5-28-6-3-12/h8,12-15H,1-7,9-11H2/t13?,14?,15-/m0/s1. The summed E-state index contributed by atoms with van der Waals surface area (Å²) in [6.45, 7) is 2.59. The van der Waals surface area contributed by atoms with Crippen LogP contribution in [0, 0.1) is 5.92 Å². The van der Waals surface area contributed by atoms with Gasteiger partial charge in [0, 0.05) is 38.9 Å². The third kappa shape index (κ3) is 3.50. The van der Waals surface area contributed by atoms with Crippen molar-refractivity contribution in [1.29, 1.82) is 0 Å². The van der Waals surface area contributed by atoms with E-state index in [1.807, 2.05) is 4.90 Å². The Bertz CT molecular complexity index is 824. The number of fused-ring (bicyclic) bond motifs is 3. The third-order valence-corrected chi connectivity index (χ3v) is 6.60. The number of alkyl halides is 3. The van der Waals surface area contributed by atoms with Gasteiger partial charge in [-0.25, -0.2) is 0 Å². The van der Waals surface area contributed by atoms with Crippen molar-refractivity contribution in [3.8, 4) is 0 Å². The molecule has 0 aromatic carbocycles. The quantitative estimate of drug-likeness (QED) is 0.752. The van der Waals surface area contributed by atoms with E-state index >= 15 is 0 Å². The molecule has 10 heteroatoms. The number of nitrogens with zero attached hydrogens (tertiary/aromatic N) is 4. The van der Waals surface area contributed by atoms with Crippen molar-refractivity contribution in [1.82, 2.24) is 9.55 Å². The first-order chi connectivity index (χ1) is 13.9. The van der Waals surface area contributed by atoms with Crippen LogP contribution in [0.25, 0.3) is 0 Å². The number of hydrogen-bond donors (Lipinski definition) is 0. The lowest BCUT2D eigenvalue weighted by atomic mass is 9.98. The number of halogens is 3. The van der Waals surface area contributed by atoms with Gasteiger partial charge in [-0.15, -0.1) is 0 Å². The van der Waals surface area contributed by atoms with Crippen LogP contribution >= 0.6 is 0 Å². The lowest BCUT2D eigenvalue weighted by molar-refractivity contribution is -0.153. The van der Waals surface area contributed by atoms with Crippen molar-refractivity contribution in [2.75, 3.05) is 42.7 Å². The smallest absolute Gasteiger partial charge is 0.381 e. The highest BCUT2D eigenvalue weighted by Gasteiger charge is 2.48. The predicted molar refractivity (Wildman–Crippen MR) is 99.3 cm³/mol. The molecule has 0 spiro atoms. The molecular weight excluding hydrogens is 389 g/mol. The maximum atomic E-state index is 13.9. The molecule has 160 valence electrons. The van der Waals surface area contributed by atoms with Crippen LogP contribution in [0.4, 0.5) is 24.9 Å². The van der Waals surface area contributed by atoms with Gasteiger partial charge in [-0.1, -0.05) is 0 Å². The molecule has 1 aromatic rings. The molecule has 0 N–H and O–H groups in total. The highest BCUT2D eigenvalue weighted by molar-refractivity contribution is 5.49. The zero-order valence-electron chi connectivity index (χ0n) is 16.1. The minimum absolute atomic E-state index is 0.0328. The van der Waals surface area contributed by atoms with Crippen molar-refractivity contribution >= 4 is 11.8 Å². The van der Waals surface area contributed by atoms with Crippen molar-refractivity contribution < 1.29 is 22.6 Å². The molecule has 1 aromatic heterocycles. The van der Waals surface area contributed by atoms with E-state index in [1.165, 1.54) is 15.5 Å². The van der Waals surface area contributed by atoms with Crippen LogP contribution in [-0.2, 0) is 16.0 Å². The second kappa shape index (κ2) is 7.16. The maximum Gasteiger partial charge on any atom is 0.408 e. The predicted octanol–water partition coefficient (Wildman–Crippen LogP) is 1.79. The highest BCUT2D eigenvalue weighted by atomic mass is 19.4.